The number of hydrogen-bond donors (Lipinski definition) is 0. The molecule has 0 saturated heterocycles. The molecule has 7 nitrogen and oxygen atoms in total. The van der Waals surface area contributed by atoms with Crippen LogP contribution in [-0.2, 0) is 6.54 Å². The SMILES string of the molecule is Cc1onc(-c2ccccc2)c1-c1nnc(CN(C)CCOc2ccccc2)o1. The number of aromatic nitrogens is 3. The minimum atomic E-state index is 0.409. The summed E-state index contributed by atoms with van der Waals surface area (Å²) in [6.07, 6.45) is 0. The van der Waals surface area contributed by atoms with Crippen molar-refractivity contribution in [3.8, 4) is 28.5 Å². The number of hydrogen-bond acceptors (Lipinski definition) is 7. The van der Waals surface area contributed by atoms with E-state index in [2.05, 4.69) is 20.3 Å². The van der Waals surface area contributed by atoms with E-state index in [1.54, 1.807) is 0 Å². The summed E-state index contributed by atoms with van der Waals surface area (Å²) in [4.78, 5) is 2.07. The largest absolute Gasteiger partial charge is 0.492 e. The third-order valence-corrected chi connectivity index (χ3v) is 4.48. The average Bonchev–Trinajstić information content (AvgIpc) is 3.35. The van der Waals surface area contributed by atoms with Gasteiger partial charge in [0, 0.05) is 12.1 Å². The van der Waals surface area contributed by atoms with Crippen molar-refractivity contribution in [3.05, 3.63) is 72.3 Å². The van der Waals surface area contributed by atoms with Crippen molar-refractivity contribution in [2.45, 2.75) is 13.5 Å². The molecule has 0 atom stereocenters. The van der Waals surface area contributed by atoms with Crippen LogP contribution in [0.15, 0.2) is 69.6 Å². The van der Waals surface area contributed by atoms with Gasteiger partial charge in [0.1, 0.15) is 29.4 Å². The van der Waals surface area contributed by atoms with Gasteiger partial charge in [-0.2, -0.15) is 0 Å². The van der Waals surface area contributed by atoms with E-state index >= 15 is 0 Å². The fraction of sp³-hybridized carbons (Fsp3) is 0.227. The summed E-state index contributed by atoms with van der Waals surface area (Å²) in [5.74, 6) is 2.44. The van der Waals surface area contributed by atoms with E-state index in [1.807, 2.05) is 74.6 Å². The number of ether oxygens (including phenoxy) is 1. The van der Waals surface area contributed by atoms with Crippen LogP contribution in [-0.4, -0.2) is 40.5 Å². The molecule has 7 heteroatoms. The fourth-order valence-electron chi connectivity index (χ4n) is 2.98. The van der Waals surface area contributed by atoms with E-state index in [9.17, 15) is 0 Å². The molecule has 0 spiro atoms. The highest BCUT2D eigenvalue weighted by atomic mass is 16.5. The van der Waals surface area contributed by atoms with E-state index < -0.39 is 0 Å². The van der Waals surface area contributed by atoms with Crippen LogP contribution < -0.4 is 4.74 Å². The molecule has 0 fully saturated rings. The average molecular weight is 390 g/mol. The van der Waals surface area contributed by atoms with Crippen LogP contribution in [0.5, 0.6) is 5.75 Å². The Balaban J connectivity index is 1.41. The number of nitrogens with zero attached hydrogens (tertiary/aromatic N) is 4. The molecule has 2 aromatic heterocycles. The summed E-state index contributed by atoms with van der Waals surface area (Å²) in [6.45, 7) is 3.67. The lowest BCUT2D eigenvalue weighted by atomic mass is 10.1. The van der Waals surface area contributed by atoms with Gasteiger partial charge in [-0.05, 0) is 26.1 Å². The first-order chi connectivity index (χ1) is 14.2. The van der Waals surface area contributed by atoms with Gasteiger partial charge in [0.05, 0.1) is 6.54 Å². The predicted molar refractivity (Wildman–Crippen MR) is 108 cm³/mol. The molecule has 4 aromatic rings. The lowest BCUT2D eigenvalue weighted by molar-refractivity contribution is 0.220. The summed E-state index contributed by atoms with van der Waals surface area (Å²) in [5, 5.41) is 12.6. The second kappa shape index (κ2) is 8.70. The Bertz CT molecular complexity index is 1040. The van der Waals surface area contributed by atoms with Gasteiger partial charge < -0.3 is 13.7 Å². The molecule has 0 aliphatic carbocycles. The molecule has 4 rings (SSSR count). The topological polar surface area (TPSA) is 77.4 Å². The van der Waals surface area contributed by atoms with Gasteiger partial charge in [0.2, 0.25) is 5.89 Å². The molecule has 0 amide bonds. The molecular formula is C22H22N4O3. The van der Waals surface area contributed by atoms with Gasteiger partial charge in [-0.25, -0.2) is 0 Å². The lowest BCUT2D eigenvalue weighted by Crippen LogP contribution is -2.24. The van der Waals surface area contributed by atoms with E-state index in [-0.39, 0.29) is 0 Å². The number of para-hydroxylation sites is 1. The summed E-state index contributed by atoms with van der Waals surface area (Å²) in [6, 6.07) is 19.6. The maximum Gasteiger partial charge on any atom is 0.253 e. The third kappa shape index (κ3) is 4.52. The molecule has 0 unspecified atom stereocenters. The first-order valence-electron chi connectivity index (χ1n) is 9.41. The summed E-state index contributed by atoms with van der Waals surface area (Å²) in [5.41, 5.74) is 2.36. The number of benzene rings is 2. The van der Waals surface area contributed by atoms with Crippen molar-refractivity contribution < 1.29 is 13.7 Å². The zero-order valence-electron chi connectivity index (χ0n) is 16.4. The molecule has 2 heterocycles. The summed E-state index contributed by atoms with van der Waals surface area (Å²) >= 11 is 0. The molecule has 0 bridgehead atoms. The quantitative estimate of drug-likeness (QED) is 0.446. The summed E-state index contributed by atoms with van der Waals surface area (Å²) in [7, 11) is 1.98. The van der Waals surface area contributed by atoms with Gasteiger partial charge in [-0.3, -0.25) is 4.90 Å². The molecule has 29 heavy (non-hydrogen) atoms. The third-order valence-electron chi connectivity index (χ3n) is 4.48. The second-order valence-corrected chi connectivity index (χ2v) is 6.73. The van der Waals surface area contributed by atoms with Crippen LogP contribution in [0.3, 0.4) is 0 Å². The van der Waals surface area contributed by atoms with Crippen molar-refractivity contribution in [1.29, 1.82) is 0 Å². The van der Waals surface area contributed by atoms with Crippen molar-refractivity contribution >= 4 is 0 Å². The zero-order chi connectivity index (χ0) is 20.1. The van der Waals surface area contributed by atoms with Crippen molar-refractivity contribution in [1.82, 2.24) is 20.3 Å². The lowest BCUT2D eigenvalue weighted by Gasteiger charge is -2.14. The first kappa shape index (κ1) is 18.9. The van der Waals surface area contributed by atoms with Gasteiger partial charge >= 0.3 is 0 Å². The van der Waals surface area contributed by atoms with E-state index in [0.717, 1.165) is 23.4 Å². The van der Waals surface area contributed by atoms with Gasteiger partial charge in [-0.1, -0.05) is 53.7 Å². The molecule has 0 radical (unpaired) electrons. The Hall–Kier alpha value is -3.45. The minimum absolute atomic E-state index is 0.409. The Morgan fingerprint density at radius 3 is 2.45 bits per heavy atom. The van der Waals surface area contributed by atoms with E-state index in [0.29, 0.717) is 36.4 Å². The van der Waals surface area contributed by atoms with Crippen LogP contribution in [0.4, 0.5) is 0 Å². The second-order valence-electron chi connectivity index (χ2n) is 6.73. The Labute approximate surface area is 168 Å². The molecule has 148 valence electrons. The highest BCUT2D eigenvalue weighted by Gasteiger charge is 2.22. The van der Waals surface area contributed by atoms with Crippen molar-refractivity contribution in [2.75, 3.05) is 20.2 Å². The van der Waals surface area contributed by atoms with Crippen LogP contribution >= 0.6 is 0 Å². The molecule has 0 saturated carbocycles. The van der Waals surface area contributed by atoms with Gasteiger partial charge in [0.25, 0.3) is 5.89 Å². The standard InChI is InChI=1S/C22H22N4O3/c1-16-20(21(25-29-16)17-9-5-3-6-10-17)22-24-23-19(28-22)15-26(2)13-14-27-18-11-7-4-8-12-18/h3-12H,13-15H2,1-2H3. The molecule has 0 N–H and O–H groups in total. The summed E-state index contributed by atoms with van der Waals surface area (Å²) < 4.78 is 17.0. The van der Waals surface area contributed by atoms with Crippen LogP contribution in [0, 0.1) is 6.92 Å². The normalized spacial score (nSPS) is 11.1. The Kier molecular flexibility index (Phi) is 5.67. The zero-order valence-corrected chi connectivity index (χ0v) is 16.4. The van der Waals surface area contributed by atoms with Crippen molar-refractivity contribution in [2.24, 2.45) is 0 Å². The van der Waals surface area contributed by atoms with E-state index in [4.69, 9.17) is 13.7 Å². The molecule has 2 aromatic carbocycles. The smallest absolute Gasteiger partial charge is 0.253 e. The molecule has 0 aliphatic rings. The minimum Gasteiger partial charge on any atom is -0.492 e. The van der Waals surface area contributed by atoms with Crippen LogP contribution in [0.1, 0.15) is 11.7 Å². The highest BCUT2D eigenvalue weighted by Crippen LogP contribution is 2.33. The Morgan fingerprint density at radius 2 is 1.69 bits per heavy atom. The highest BCUT2D eigenvalue weighted by molar-refractivity contribution is 5.77. The van der Waals surface area contributed by atoms with Crippen molar-refractivity contribution in [3.63, 3.8) is 0 Å². The first-order valence-corrected chi connectivity index (χ1v) is 9.41. The number of aryl methyl sites for hydroxylation is 1. The van der Waals surface area contributed by atoms with Crippen LogP contribution in [0.2, 0.25) is 0 Å². The Morgan fingerprint density at radius 1 is 0.966 bits per heavy atom. The molecule has 0 aliphatic heterocycles. The van der Waals surface area contributed by atoms with E-state index in [1.165, 1.54) is 0 Å². The predicted octanol–water partition coefficient (Wildman–Crippen LogP) is 4.21. The maximum absolute atomic E-state index is 5.90. The molecular weight excluding hydrogens is 368 g/mol. The van der Waals surface area contributed by atoms with Crippen LogP contribution in [0.25, 0.3) is 22.7 Å². The number of likely N-dealkylation sites (N-methyl/N-ethyl adjacent to an activating group) is 1. The number of rotatable bonds is 8. The van der Waals surface area contributed by atoms with Gasteiger partial charge in [-0.15, -0.1) is 10.2 Å². The maximum atomic E-state index is 5.90. The monoisotopic (exact) mass is 390 g/mol. The fourth-order valence-corrected chi connectivity index (χ4v) is 2.98. The van der Waals surface area contributed by atoms with Gasteiger partial charge in [0.15, 0.2) is 0 Å².